The van der Waals surface area contributed by atoms with Gasteiger partial charge in [-0.2, -0.15) is 5.10 Å². The van der Waals surface area contributed by atoms with Crippen LogP contribution in [0.4, 0.5) is 0 Å². The van der Waals surface area contributed by atoms with Crippen molar-refractivity contribution in [3.8, 4) is 0 Å². The van der Waals surface area contributed by atoms with Gasteiger partial charge in [-0.25, -0.2) is 0 Å². The van der Waals surface area contributed by atoms with Crippen molar-refractivity contribution >= 4 is 0 Å². The lowest BCUT2D eigenvalue weighted by Crippen LogP contribution is -2.53. The summed E-state index contributed by atoms with van der Waals surface area (Å²) in [5.41, 5.74) is 4.09. The summed E-state index contributed by atoms with van der Waals surface area (Å²) in [6, 6.07) is 24.3. The Morgan fingerprint density at radius 2 is 1.27 bits per heavy atom. The average molecular weight is 403 g/mol. The molecule has 1 heterocycles. The van der Waals surface area contributed by atoms with E-state index >= 15 is 0 Å². The first-order valence-electron chi connectivity index (χ1n) is 10.9. The van der Waals surface area contributed by atoms with Gasteiger partial charge in [0.15, 0.2) is 0 Å². The second-order valence-corrected chi connectivity index (χ2v) is 9.03. The quantitative estimate of drug-likeness (QED) is 0.593. The molecule has 1 saturated carbocycles. The molecule has 4 rings (SSSR count). The van der Waals surface area contributed by atoms with Crippen molar-refractivity contribution in [2.45, 2.75) is 43.3 Å². The number of aromatic nitrogens is 2. The maximum atomic E-state index is 4.64. The van der Waals surface area contributed by atoms with Gasteiger partial charge in [0, 0.05) is 30.9 Å². The molecule has 0 saturated heterocycles. The van der Waals surface area contributed by atoms with Crippen molar-refractivity contribution in [3.63, 3.8) is 0 Å². The molecule has 30 heavy (non-hydrogen) atoms. The van der Waals surface area contributed by atoms with Gasteiger partial charge in [0.2, 0.25) is 0 Å². The zero-order chi connectivity index (χ0) is 21.2. The van der Waals surface area contributed by atoms with E-state index in [1.807, 2.05) is 17.9 Å². The number of hydrogen-bond donors (Lipinski definition) is 0. The van der Waals surface area contributed by atoms with E-state index < -0.39 is 0 Å². The van der Waals surface area contributed by atoms with Crippen molar-refractivity contribution in [2.75, 3.05) is 21.1 Å². The third kappa shape index (κ3) is 3.70. The molecule has 1 fully saturated rings. The lowest BCUT2D eigenvalue weighted by molar-refractivity contribution is -0.00678. The first-order valence-corrected chi connectivity index (χ1v) is 10.9. The molecule has 0 unspecified atom stereocenters. The summed E-state index contributed by atoms with van der Waals surface area (Å²) in [6.07, 6.45) is 6.53. The SMILES string of the molecule is CN(C)C1(c2ccccc2)CCC(c2ccccc2)(N(C)Cc2ccn(C)n2)CC1. The van der Waals surface area contributed by atoms with E-state index in [9.17, 15) is 0 Å². The number of aryl methyl sites for hydroxylation is 1. The maximum Gasteiger partial charge on any atom is 0.0764 e. The van der Waals surface area contributed by atoms with Gasteiger partial charge in [0.25, 0.3) is 0 Å². The van der Waals surface area contributed by atoms with Crippen LogP contribution >= 0.6 is 0 Å². The number of rotatable bonds is 6. The Labute approximate surface area is 181 Å². The third-order valence-corrected chi connectivity index (χ3v) is 7.28. The molecule has 0 aliphatic heterocycles. The minimum Gasteiger partial charge on any atom is -0.300 e. The normalized spacial score (nSPS) is 24.5. The van der Waals surface area contributed by atoms with Crippen molar-refractivity contribution in [1.82, 2.24) is 19.6 Å². The van der Waals surface area contributed by atoms with Crippen LogP contribution < -0.4 is 0 Å². The van der Waals surface area contributed by atoms with Gasteiger partial charge in [-0.15, -0.1) is 0 Å². The molecule has 0 N–H and O–H groups in total. The minimum atomic E-state index is 0.0209. The van der Waals surface area contributed by atoms with Crippen LogP contribution in [-0.2, 0) is 24.7 Å². The third-order valence-electron chi connectivity index (χ3n) is 7.28. The number of benzene rings is 2. The topological polar surface area (TPSA) is 24.3 Å². The smallest absolute Gasteiger partial charge is 0.0764 e. The Morgan fingerprint density at radius 3 is 1.73 bits per heavy atom. The van der Waals surface area contributed by atoms with Crippen LogP contribution in [0.5, 0.6) is 0 Å². The van der Waals surface area contributed by atoms with Gasteiger partial charge in [0.05, 0.1) is 5.69 Å². The van der Waals surface area contributed by atoms with E-state index in [1.165, 1.54) is 11.1 Å². The van der Waals surface area contributed by atoms with Crippen LogP contribution in [-0.4, -0.2) is 40.7 Å². The molecule has 158 valence electrons. The summed E-state index contributed by atoms with van der Waals surface area (Å²) < 4.78 is 1.89. The fourth-order valence-corrected chi connectivity index (χ4v) is 5.40. The Kier molecular flexibility index (Phi) is 5.81. The maximum absolute atomic E-state index is 4.64. The summed E-state index contributed by atoms with van der Waals surface area (Å²) in [5.74, 6) is 0. The van der Waals surface area contributed by atoms with E-state index in [0.29, 0.717) is 0 Å². The molecule has 1 aliphatic carbocycles. The predicted octanol–water partition coefficient (Wildman–Crippen LogP) is 4.78. The van der Waals surface area contributed by atoms with Crippen molar-refractivity contribution in [2.24, 2.45) is 7.05 Å². The fourth-order valence-electron chi connectivity index (χ4n) is 5.40. The molecule has 4 nitrogen and oxygen atoms in total. The van der Waals surface area contributed by atoms with Crippen LogP contribution in [0.15, 0.2) is 72.9 Å². The van der Waals surface area contributed by atoms with Gasteiger partial charge in [-0.05, 0) is 64.0 Å². The Balaban J connectivity index is 1.67. The Hall–Kier alpha value is -2.43. The van der Waals surface area contributed by atoms with Gasteiger partial charge in [0.1, 0.15) is 0 Å². The lowest BCUT2D eigenvalue weighted by Gasteiger charge is -2.53. The highest BCUT2D eigenvalue weighted by atomic mass is 15.3. The number of hydrogen-bond acceptors (Lipinski definition) is 3. The molecule has 0 spiro atoms. The molecule has 1 aromatic heterocycles. The molecule has 1 aliphatic rings. The number of nitrogens with zero attached hydrogens (tertiary/aromatic N) is 4. The summed E-state index contributed by atoms with van der Waals surface area (Å²) in [6.45, 7) is 0.857. The van der Waals surface area contributed by atoms with E-state index in [1.54, 1.807) is 0 Å². The molecule has 2 aromatic carbocycles. The molecule has 0 atom stereocenters. The second kappa shape index (κ2) is 8.37. The van der Waals surface area contributed by atoms with Gasteiger partial charge >= 0.3 is 0 Å². The first-order chi connectivity index (χ1) is 14.5. The summed E-state index contributed by atoms with van der Waals surface area (Å²) in [7, 11) is 8.73. The first kappa shape index (κ1) is 20.8. The van der Waals surface area contributed by atoms with E-state index in [-0.39, 0.29) is 11.1 Å². The van der Waals surface area contributed by atoms with Crippen LogP contribution in [0.1, 0.15) is 42.5 Å². The molecular formula is C26H34N4. The largest absolute Gasteiger partial charge is 0.300 e. The molecule has 0 radical (unpaired) electrons. The minimum absolute atomic E-state index is 0.0209. The zero-order valence-corrected chi connectivity index (χ0v) is 18.8. The predicted molar refractivity (Wildman–Crippen MR) is 123 cm³/mol. The van der Waals surface area contributed by atoms with Gasteiger partial charge in [-0.3, -0.25) is 14.5 Å². The van der Waals surface area contributed by atoms with Crippen molar-refractivity contribution in [1.29, 1.82) is 0 Å². The summed E-state index contributed by atoms with van der Waals surface area (Å²) >= 11 is 0. The lowest BCUT2D eigenvalue weighted by atomic mass is 9.66. The monoisotopic (exact) mass is 402 g/mol. The zero-order valence-electron chi connectivity index (χ0n) is 18.8. The molecule has 0 bridgehead atoms. The van der Waals surface area contributed by atoms with Crippen molar-refractivity contribution in [3.05, 3.63) is 89.7 Å². The van der Waals surface area contributed by atoms with Crippen LogP contribution in [0.2, 0.25) is 0 Å². The van der Waals surface area contributed by atoms with Crippen LogP contribution in [0.25, 0.3) is 0 Å². The highest BCUT2D eigenvalue weighted by Crippen LogP contribution is 2.50. The highest BCUT2D eigenvalue weighted by molar-refractivity contribution is 5.31. The molecule has 3 aromatic rings. The molecule has 4 heteroatoms. The standard InChI is InChI=1S/C26H34N4/c1-28(2)25(22-11-7-5-8-12-22)16-18-26(19-17-25,23-13-9-6-10-14-23)29(3)21-24-15-20-30(4)27-24/h5-15,20H,16-19,21H2,1-4H3. The van der Waals surface area contributed by atoms with Gasteiger partial charge in [-0.1, -0.05) is 60.7 Å². The molecule has 0 amide bonds. The average Bonchev–Trinajstić information content (AvgIpc) is 3.19. The van der Waals surface area contributed by atoms with Crippen LogP contribution in [0, 0.1) is 0 Å². The van der Waals surface area contributed by atoms with E-state index in [0.717, 1.165) is 37.9 Å². The van der Waals surface area contributed by atoms with Crippen molar-refractivity contribution < 1.29 is 0 Å². The fraction of sp³-hybridized carbons (Fsp3) is 0.423. The van der Waals surface area contributed by atoms with E-state index in [2.05, 4.69) is 103 Å². The van der Waals surface area contributed by atoms with Crippen LogP contribution in [0.3, 0.4) is 0 Å². The second-order valence-electron chi connectivity index (χ2n) is 9.03. The molecular weight excluding hydrogens is 368 g/mol. The Morgan fingerprint density at radius 1 is 0.767 bits per heavy atom. The summed E-state index contributed by atoms with van der Waals surface area (Å²) in [4.78, 5) is 4.98. The summed E-state index contributed by atoms with van der Waals surface area (Å²) in [5, 5.41) is 4.64. The Bertz CT molecular complexity index is 937. The highest BCUT2D eigenvalue weighted by Gasteiger charge is 2.47. The van der Waals surface area contributed by atoms with E-state index in [4.69, 9.17) is 0 Å². The van der Waals surface area contributed by atoms with Gasteiger partial charge < -0.3 is 0 Å².